The molecular weight excluding hydrogens is 346 g/mol. The lowest BCUT2D eigenvalue weighted by molar-refractivity contribution is 0.269. The van der Waals surface area contributed by atoms with E-state index in [1.165, 1.54) is 5.56 Å². The fourth-order valence-electron chi connectivity index (χ4n) is 2.84. The van der Waals surface area contributed by atoms with Gasteiger partial charge in [0, 0.05) is 24.2 Å². The lowest BCUT2D eigenvalue weighted by Gasteiger charge is -2.14. The molecule has 0 spiro atoms. The van der Waals surface area contributed by atoms with Crippen LogP contribution in [0.4, 0.5) is 5.69 Å². The van der Waals surface area contributed by atoms with Gasteiger partial charge in [0.1, 0.15) is 11.5 Å². The Bertz CT molecular complexity index is 829. The van der Waals surface area contributed by atoms with Crippen molar-refractivity contribution >= 4 is 5.69 Å². The molecule has 0 aliphatic rings. The van der Waals surface area contributed by atoms with E-state index in [-0.39, 0.29) is 0 Å². The third-order valence-corrected chi connectivity index (χ3v) is 4.38. The Morgan fingerprint density at radius 1 is 0.786 bits per heavy atom. The normalized spacial score (nSPS) is 10.7. The van der Waals surface area contributed by atoms with Gasteiger partial charge in [0.2, 0.25) is 0 Å². The first-order chi connectivity index (χ1) is 13.7. The van der Waals surface area contributed by atoms with Crippen LogP contribution in [-0.2, 0) is 13.0 Å². The van der Waals surface area contributed by atoms with Crippen molar-refractivity contribution in [1.29, 1.82) is 0 Å². The van der Waals surface area contributed by atoms with E-state index in [1.807, 2.05) is 36.4 Å². The second-order valence-corrected chi connectivity index (χ2v) is 7.27. The van der Waals surface area contributed by atoms with Crippen molar-refractivity contribution in [1.82, 2.24) is 0 Å². The quantitative estimate of drug-likeness (QED) is 0.474. The molecule has 0 unspecified atom stereocenters. The number of benzene rings is 3. The van der Waals surface area contributed by atoms with Gasteiger partial charge in [0.15, 0.2) is 0 Å². The summed E-state index contributed by atoms with van der Waals surface area (Å²) < 4.78 is 11.8. The summed E-state index contributed by atoms with van der Waals surface area (Å²) in [6.07, 6.45) is 0.911. The van der Waals surface area contributed by atoms with Crippen LogP contribution < -0.4 is 14.8 Å². The summed E-state index contributed by atoms with van der Waals surface area (Å²) in [6.45, 7) is 6.44. The van der Waals surface area contributed by atoms with Crippen LogP contribution in [0.1, 0.15) is 25.0 Å². The molecule has 0 aliphatic heterocycles. The summed E-state index contributed by atoms with van der Waals surface area (Å²) >= 11 is 0. The minimum absolute atomic E-state index is 0.510. The molecule has 3 aromatic rings. The van der Waals surface area contributed by atoms with E-state index in [1.54, 1.807) is 0 Å². The minimum Gasteiger partial charge on any atom is -0.493 e. The van der Waals surface area contributed by atoms with Crippen LogP contribution in [-0.4, -0.2) is 13.2 Å². The number of hydrogen-bond donors (Lipinski definition) is 1. The highest BCUT2D eigenvalue weighted by Gasteiger charge is 2.04. The maximum Gasteiger partial charge on any atom is 0.124 e. The molecule has 0 atom stereocenters. The zero-order valence-corrected chi connectivity index (χ0v) is 16.7. The average molecular weight is 376 g/mol. The van der Waals surface area contributed by atoms with Gasteiger partial charge in [-0.2, -0.15) is 0 Å². The van der Waals surface area contributed by atoms with Crippen LogP contribution in [0.2, 0.25) is 0 Å². The highest BCUT2D eigenvalue weighted by molar-refractivity contribution is 5.48. The Hall–Kier alpha value is -2.94. The van der Waals surface area contributed by atoms with Gasteiger partial charge in [-0.15, -0.1) is 0 Å². The lowest BCUT2D eigenvalue weighted by Crippen LogP contribution is -2.08. The van der Waals surface area contributed by atoms with Crippen molar-refractivity contribution in [2.45, 2.75) is 26.8 Å². The zero-order chi connectivity index (χ0) is 19.6. The Labute approximate surface area is 168 Å². The summed E-state index contributed by atoms with van der Waals surface area (Å²) in [5.74, 6) is 2.35. The van der Waals surface area contributed by atoms with Crippen LogP contribution in [0.25, 0.3) is 0 Å². The Morgan fingerprint density at radius 3 is 2.25 bits per heavy atom. The number of nitrogens with one attached hydrogen (secondary N) is 1. The van der Waals surface area contributed by atoms with Gasteiger partial charge in [-0.25, -0.2) is 0 Å². The van der Waals surface area contributed by atoms with Gasteiger partial charge < -0.3 is 14.8 Å². The highest BCUT2D eigenvalue weighted by atomic mass is 16.5. The first kappa shape index (κ1) is 19.8. The molecule has 3 aromatic carbocycles. The minimum atomic E-state index is 0.510. The molecule has 0 saturated carbocycles. The van der Waals surface area contributed by atoms with Crippen LogP contribution in [0, 0.1) is 5.92 Å². The molecule has 1 N–H and O–H groups in total. The Balaban J connectivity index is 1.48. The third kappa shape index (κ3) is 6.34. The maximum atomic E-state index is 5.93. The number of anilines is 1. The maximum absolute atomic E-state index is 5.93. The number of hydrogen-bond acceptors (Lipinski definition) is 3. The molecule has 0 radical (unpaired) electrons. The topological polar surface area (TPSA) is 30.5 Å². The molecule has 3 heteroatoms. The molecule has 146 valence electrons. The summed E-state index contributed by atoms with van der Waals surface area (Å²) in [4.78, 5) is 0. The number of ether oxygens (including phenoxy) is 2. The van der Waals surface area contributed by atoms with E-state index in [0.29, 0.717) is 12.5 Å². The monoisotopic (exact) mass is 375 g/mol. The Kier molecular flexibility index (Phi) is 7.36. The van der Waals surface area contributed by atoms with Gasteiger partial charge in [-0.3, -0.25) is 0 Å². The fourth-order valence-corrected chi connectivity index (χ4v) is 2.84. The predicted octanol–water partition coefficient (Wildman–Crippen LogP) is 5.96. The molecule has 0 saturated heterocycles. The van der Waals surface area contributed by atoms with E-state index in [2.05, 4.69) is 61.6 Å². The summed E-state index contributed by atoms with van der Waals surface area (Å²) in [5, 5.41) is 3.46. The van der Waals surface area contributed by atoms with Gasteiger partial charge in [-0.1, -0.05) is 62.4 Å². The number of para-hydroxylation sites is 1. The van der Waals surface area contributed by atoms with E-state index in [9.17, 15) is 0 Å². The predicted molar refractivity (Wildman–Crippen MR) is 116 cm³/mol. The largest absolute Gasteiger partial charge is 0.493 e. The summed E-state index contributed by atoms with van der Waals surface area (Å²) in [6, 6.07) is 26.7. The molecule has 0 amide bonds. The smallest absolute Gasteiger partial charge is 0.124 e. The molecule has 3 nitrogen and oxygen atoms in total. The van der Waals surface area contributed by atoms with Crippen molar-refractivity contribution in [3.8, 4) is 11.5 Å². The van der Waals surface area contributed by atoms with Crippen molar-refractivity contribution in [3.05, 3.63) is 90.0 Å². The molecule has 0 aliphatic carbocycles. The van der Waals surface area contributed by atoms with Crippen LogP contribution in [0.3, 0.4) is 0 Å². The van der Waals surface area contributed by atoms with Crippen LogP contribution in [0.5, 0.6) is 11.5 Å². The van der Waals surface area contributed by atoms with E-state index < -0.39 is 0 Å². The van der Waals surface area contributed by atoms with Crippen LogP contribution in [0.15, 0.2) is 78.9 Å². The molecular formula is C25H29NO2. The lowest BCUT2D eigenvalue weighted by atomic mass is 10.2. The summed E-state index contributed by atoms with van der Waals surface area (Å²) in [5.41, 5.74) is 3.51. The zero-order valence-electron chi connectivity index (χ0n) is 16.7. The Morgan fingerprint density at radius 2 is 1.50 bits per heavy atom. The van der Waals surface area contributed by atoms with Gasteiger partial charge >= 0.3 is 0 Å². The van der Waals surface area contributed by atoms with E-state index in [4.69, 9.17) is 9.47 Å². The van der Waals surface area contributed by atoms with Crippen LogP contribution >= 0.6 is 0 Å². The number of rotatable bonds is 10. The van der Waals surface area contributed by atoms with Crippen molar-refractivity contribution in [2.75, 3.05) is 18.5 Å². The molecule has 28 heavy (non-hydrogen) atoms. The second-order valence-electron chi connectivity index (χ2n) is 7.27. The van der Waals surface area contributed by atoms with Gasteiger partial charge in [0.25, 0.3) is 0 Å². The second kappa shape index (κ2) is 10.4. The van der Waals surface area contributed by atoms with Gasteiger partial charge in [0.05, 0.1) is 13.2 Å². The van der Waals surface area contributed by atoms with E-state index >= 15 is 0 Å². The van der Waals surface area contributed by atoms with Crippen molar-refractivity contribution in [2.24, 2.45) is 5.92 Å². The third-order valence-electron chi connectivity index (χ3n) is 4.38. The first-order valence-electron chi connectivity index (χ1n) is 9.92. The molecule has 0 aromatic heterocycles. The van der Waals surface area contributed by atoms with Crippen molar-refractivity contribution in [3.63, 3.8) is 0 Å². The molecule has 0 fully saturated rings. The summed E-state index contributed by atoms with van der Waals surface area (Å²) in [7, 11) is 0. The first-order valence-corrected chi connectivity index (χ1v) is 9.92. The van der Waals surface area contributed by atoms with Gasteiger partial charge in [-0.05, 0) is 41.8 Å². The average Bonchev–Trinajstić information content (AvgIpc) is 2.73. The highest BCUT2D eigenvalue weighted by Crippen LogP contribution is 2.21. The van der Waals surface area contributed by atoms with E-state index in [0.717, 1.165) is 42.3 Å². The molecule has 3 rings (SSSR count). The SMILES string of the molecule is CC(C)COc1ccccc1CNc1ccc(OCCc2ccccc2)cc1. The molecule has 0 heterocycles. The molecule has 0 bridgehead atoms. The standard InChI is InChI=1S/C25H29NO2/c1-20(2)19-28-25-11-7-6-10-22(25)18-26-23-12-14-24(15-13-23)27-17-16-21-8-4-3-5-9-21/h3-15,20,26H,16-19H2,1-2H3. The van der Waals surface area contributed by atoms with Crippen molar-refractivity contribution < 1.29 is 9.47 Å². The fraction of sp³-hybridized carbons (Fsp3) is 0.280.